The fourth-order valence-corrected chi connectivity index (χ4v) is 6.75. The van der Waals surface area contributed by atoms with E-state index in [4.69, 9.17) is 24.5 Å². The first-order valence-corrected chi connectivity index (χ1v) is 19.3. The fraction of sp³-hybridized carbons (Fsp3) is 0.341. The van der Waals surface area contributed by atoms with Crippen LogP contribution in [0.4, 0.5) is 26.3 Å². The van der Waals surface area contributed by atoms with Crippen LogP contribution in [0.25, 0.3) is 10.9 Å². The third kappa shape index (κ3) is 13.2. The number of benzene rings is 4. The predicted octanol–water partition coefficient (Wildman–Crippen LogP) is 7.09. The third-order valence-electron chi connectivity index (χ3n) is 10.1. The van der Waals surface area contributed by atoms with Crippen LogP contribution in [0.2, 0.25) is 0 Å². The molecular weight excluding hydrogens is 828 g/mol. The Hall–Kier alpha value is -6.11. The number of fused-ring (bicyclic) bond motifs is 1. The van der Waals surface area contributed by atoms with Gasteiger partial charge in [-0.1, -0.05) is 60.7 Å². The van der Waals surface area contributed by atoms with Crippen molar-refractivity contribution in [2.45, 2.75) is 63.0 Å². The Labute approximate surface area is 352 Å². The predicted molar refractivity (Wildman–Crippen MR) is 217 cm³/mol. The molecular formula is C44H47F6N3O9. The second-order valence-corrected chi connectivity index (χ2v) is 14.8. The summed E-state index contributed by atoms with van der Waals surface area (Å²) in [6, 6.07) is 31.4. The molecule has 12 nitrogen and oxygen atoms in total. The Balaban J connectivity index is 0.000000521. The minimum absolute atomic E-state index is 0.0235. The van der Waals surface area contributed by atoms with Crippen molar-refractivity contribution in [2.75, 3.05) is 32.8 Å². The Morgan fingerprint density at radius 1 is 0.806 bits per heavy atom. The molecule has 7 N–H and O–H groups in total. The first-order chi connectivity index (χ1) is 29.1. The topological polar surface area (TPSA) is 193 Å². The van der Waals surface area contributed by atoms with Gasteiger partial charge in [-0.05, 0) is 92.2 Å². The Morgan fingerprint density at radius 2 is 1.39 bits per heavy atom. The second kappa shape index (κ2) is 21.1. The number of ether oxygens (including phenoxy) is 1. The smallest absolute Gasteiger partial charge is 0.490 e. The molecule has 1 aliphatic heterocycles. The number of carboxylic acids is 2. The quantitative estimate of drug-likeness (QED) is 0.0445. The van der Waals surface area contributed by atoms with Crippen LogP contribution in [-0.2, 0) is 27.8 Å². The van der Waals surface area contributed by atoms with Crippen LogP contribution >= 0.6 is 0 Å². The van der Waals surface area contributed by atoms with Crippen LogP contribution in [-0.4, -0.2) is 98.5 Å². The molecule has 1 aromatic heterocycles. The highest BCUT2D eigenvalue weighted by molar-refractivity contribution is 5.87. The molecule has 1 saturated heterocycles. The van der Waals surface area contributed by atoms with Crippen LogP contribution in [0.1, 0.15) is 54.2 Å². The van der Waals surface area contributed by atoms with Gasteiger partial charge in [-0.2, -0.15) is 26.3 Å². The molecule has 2 heterocycles. The summed E-state index contributed by atoms with van der Waals surface area (Å²) in [5.74, 6) is -4.35. The van der Waals surface area contributed by atoms with E-state index in [-0.39, 0.29) is 16.7 Å². The molecule has 6 rings (SSSR count). The third-order valence-corrected chi connectivity index (χ3v) is 10.1. The van der Waals surface area contributed by atoms with E-state index in [9.17, 15) is 46.5 Å². The maximum atomic E-state index is 11.7. The first-order valence-electron chi connectivity index (χ1n) is 19.3. The lowest BCUT2D eigenvalue weighted by atomic mass is 9.67. The average molecular weight is 876 g/mol. The summed E-state index contributed by atoms with van der Waals surface area (Å²) in [6.45, 7) is 7.84. The number of aliphatic hydroxyl groups excluding tert-OH is 1. The van der Waals surface area contributed by atoms with E-state index in [1.807, 2.05) is 30.3 Å². The number of phenolic OH excluding ortho intramolecular Hbond substituents is 2. The van der Waals surface area contributed by atoms with Crippen LogP contribution in [0.3, 0.4) is 0 Å². The first kappa shape index (κ1) is 48.6. The molecule has 1 atom stereocenters. The number of aromatic nitrogens is 1. The van der Waals surface area contributed by atoms with Gasteiger partial charge in [0.25, 0.3) is 0 Å². The van der Waals surface area contributed by atoms with Crippen molar-refractivity contribution in [3.63, 3.8) is 0 Å². The molecule has 0 bridgehead atoms. The Bertz CT molecular complexity index is 2290. The van der Waals surface area contributed by atoms with Gasteiger partial charge in [0.15, 0.2) is 0 Å². The summed E-state index contributed by atoms with van der Waals surface area (Å²) in [6.07, 6.45) is -8.44. The van der Waals surface area contributed by atoms with E-state index < -0.39 is 30.4 Å². The SMILES string of the molecule is CC(C)N1CC(c2ccccc2)(c2cc(CCCOc3ccc(CCNC[C@H](O)c4ccc(O)c5[nH]c(=O)ccc45)cc3)ccc2O)C1.O=C(O)C(F)(F)F.O=C(O)C(F)(F)F. The summed E-state index contributed by atoms with van der Waals surface area (Å²) in [7, 11) is 0. The van der Waals surface area contributed by atoms with Gasteiger partial charge in [0.1, 0.15) is 17.2 Å². The zero-order valence-electron chi connectivity index (χ0n) is 33.6. The zero-order valence-corrected chi connectivity index (χ0v) is 33.6. The lowest BCUT2D eigenvalue weighted by molar-refractivity contribution is -0.193. The summed E-state index contributed by atoms with van der Waals surface area (Å²) in [5.41, 5.74) is 5.08. The molecule has 62 heavy (non-hydrogen) atoms. The molecule has 334 valence electrons. The van der Waals surface area contributed by atoms with Crippen LogP contribution in [0, 0.1) is 0 Å². The monoisotopic (exact) mass is 875 g/mol. The maximum Gasteiger partial charge on any atom is 0.490 e. The molecule has 0 aliphatic carbocycles. The number of rotatable bonds is 14. The summed E-state index contributed by atoms with van der Waals surface area (Å²) in [5, 5.41) is 50.0. The lowest BCUT2D eigenvalue weighted by Gasteiger charge is -2.53. The summed E-state index contributed by atoms with van der Waals surface area (Å²) in [4.78, 5) is 34.5. The number of hydrogen-bond donors (Lipinski definition) is 7. The Kier molecular flexibility index (Phi) is 16.5. The van der Waals surface area contributed by atoms with Gasteiger partial charge in [0, 0.05) is 48.1 Å². The van der Waals surface area contributed by atoms with Crippen LogP contribution < -0.4 is 15.6 Å². The number of aromatic hydroxyl groups is 2. The summed E-state index contributed by atoms with van der Waals surface area (Å²) < 4.78 is 69.5. The normalized spacial score (nSPS) is 14.2. The van der Waals surface area contributed by atoms with Crippen molar-refractivity contribution in [3.05, 3.63) is 135 Å². The van der Waals surface area contributed by atoms with Gasteiger partial charge >= 0.3 is 24.3 Å². The maximum absolute atomic E-state index is 11.7. The number of nitrogens with zero attached hydrogens (tertiary/aromatic N) is 1. The number of aliphatic hydroxyl groups is 1. The Morgan fingerprint density at radius 3 is 1.97 bits per heavy atom. The highest BCUT2D eigenvalue weighted by Gasteiger charge is 2.48. The largest absolute Gasteiger partial charge is 0.508 e. The highest BCUT2D eigenvalue weighted by Crippen LogP contribution is 2.45. The standard InChI is InChI=1S/C40H45N3O5.2C2HF3O2/c1-27(2)43-25-40(26-43,30-8-4-3-5-9-30)34-23-29(12-17-35(34)44)7-6-22-48-31-13-10-28(11-14-31)20-21-41-24-37(46)32-15-18-36(45)39-33(32)16-19-38(47)42-39;2*3-2(4,5)1(6)7/h3-5,8-19,23,27,37,41,44-46H,6-7,20-22,24-26H2,1-2H3,(H,42,47);2*(H,6,7)/t37-;;/m0../s1. The molecule has 18 heteroatoms. The van der Waals surface area contributed by atoms with E-state index >= 15 is 0 Å². The number of pyridine rings is 1. The van der Waals surface area contributed by atoms with Gasteiger partial charge in [-0.3, -0.25) is 9.69 Å². The summed E-state index contributed by atoms with van der Waals surface area (Å²) >= 11 is 0. The molecule has 5 aromatic rings. The van der Waals surface area contributed by atoms with E-state index in [1.165, 1.54) is 23.3 Å². The number of H-pyrrole nitrogens is 1. The number of halogens is 6. The van der Waals surface area contributed by atoms with Crippen LogP contribution in [0.15, 0.2) is 102 Å². The van der Waals surface area contributed by atoms with Crippen molar-refractivity contribution < 1.29 is 66.2 Å². The van der Waals surface area contributed by atoms with Gasteiger partial charge in [0.2, 0.25) is 5.56 Å². The molecule has 0 saturated carbocycles. The fourth-order valence-electron chi connectivity index (χ4n) is 6.75. The second-order valence-electron chi connectivity index (χ2n) is 14.8. The average Bonchev–Trinajstić information content (AvgIpc) is 3.19. The van der Waals surface area contributed by atoms with Gasteiger partial charge in [-0.15, -0.1) is 0 Å². The van der Waals surface area contributed by atoms with Crippen molar-refractivity contribution in [3.8, 4) is 17.2 Å². The molecule has 0 unspecified atom stereocenters. The number of phenols is 2. The van der Waals surface area contributed by atoms with Gasteiger partial charge < -0.3 is 40.6 Å². The number of carboxylic acid groups (broad SMARTS) is 2. The van der Waals surface area contributed by atoms with E-state index in [0.717, 1.165) is 49.2 Å². The van der Waals surface area contributed by atoms with Crippen molar-refractivity contribution >= 4 is 22.8 Å². The zero-order chi connectivity index (χ0) is 45.8. The van der Waals surface area contributed by atoms with Crippen molar-refractivity contribution in [1.82, 2.24) is 15.2 Å². The number of nitrogens with one attached hydrogen (secondary N) is 2. The van der Waals surface area contributed by atoms with E-state index in [2.05, 4.69) is 71.5 Å². The van der Waals surface area contributed by atoms with E-state index in [0.29, 0.717) is 48.0 Å². The number of hydrogen-bond acceptors (Lipinski definition) is 9. The van der Waals surface area contributed by atoms with E-state index in [1.54, 1.807) is 12.1 Å². The van der Waals surface area contributed by atoms with Gasteiger partial charge in [0.05, 0.1) is 18.2 Å². The number of aryl methyl sites for hydroxylation is 1. The highest BCUT2D eigenvalue weighted by atomic mass is 19.4. The molecule has 0 amide bonds. The van der Waals surface area contributed by atoms with Gasteiger partial charge in [-0.25, -0.2) is 9.59 Å². The number of likely N-dealkylation sites (tertiary alicyclic amines) is 1. The number of aliphatic carboxylic acids is 2. The minimum Gasteiger partial charge on any atom is -0.508 e. The molecule has 4 aromatic carbocycles. The molecule has 0 radical (unpaired) electrons. The number of aromatic amines is 1. The van der Waals surface area contributed by atoms with Crippen molar-refractivity contribution in [2.24, 2.45) is 0 Å². The molecule has 1 fully saturated rings. The molecule has 1 aliphatic rings. The van der Waals surface area contributed by atoms with Crippen LogP contribution in [0.5, 0.6) is 17.2 Å². The number of alkyl halides is 6. The number of carbonyl (C=O) groups is 2. The molecule has 0 spiro atoms. The van der Waals surface area contributed by atoms with Crippen molar-refractivity contribution in [1.29, 1.82) is 0 Å². The lowest BCUT2D eigenvalue weighted by Crippen LogP contribution is -2.61. The minimum atomic E-state index is -5.08.